The molecule has 0 bridgehead atoms. The molecule has 6 heteroatoms. The molecule has 0 saturated heterocycles. The van der Waals surface area contributed by atoms with Crippen LogP contribution in [0.4, 0.5) is 0 Å². The van der Waals surface area contributed by atoms with Gasteiger partial charge in [0.15, 0.2) is 5.82 Å². The average Bonchev–Trinajstić information content (AvgIpc) is 3.49. The summed E-state index contributed by atoms with van der Waals surface area (Å²) < 4.78 is 7.45. The van der Waals surface area contributed by atoms with E-state index >= 15 is 0 Å². The third-order valence-corrected chi connectivity index (χ3v) is 5.48. The summed E-state index contributed by atoms with van der Waals surface area (Å²) in [6.45, 7) is 2.92. The lowest BCUT2D eigenvalue weighted by Crippen LogP contribution is -2.38. The van der Waals surface area contributed by atoms with Crippen LogP contribution >= 0.6 is 0 Å². The van der Waals surface area contributed by atoms with Gasteiger partial charge in [0.2, 0.25) is 0 Å². The van der Waals surface area contributed by atoms with E-state index in [1.54, 1.807) is 7.11 Å². The molecule has 2 aliphatic carbocycles. The lowest BCUT2D eigenvalue weighted by atomic mass is 9.87. The van der Waals surface area contributed by atoms with Gasteiger partial charge in [0, 0.05) is 18.5 Å². The Bertz CT molecular complexity index is 747. The maximum absolute atomic E-state index is 5.42. The zero-order valence-electron chi connectivity index (χ0n) is 13.4. The Morgan fingerprint density at radius 1 is 1.30 bits per heavy atom. The minimum absolute atomic E-state index is 0.333. The minimum Gasteiger partial charge on any atom is -0.497 e. The van der Waals surface area contributed by atoms with E-state index in [1.807, 2.05) is 4.68 Å². The summed E-state index contributed by atoms with van der Waals surface area (Å²) in [6.07, 6.45) is 4.98. The van der Waals surface area contributed by atoms with Crippen molar-refractivity contribution in [1.29, 1.82) is 0 Å². The predicted molar refractivity (Wildman–Crippen MR) is 84.1 cm³/mol. The Balaban J connectivity index is 1.42. The molecule has 2 aromatic rings. The van der Waals surface area contributed by atoms with Gasteiger partial charge < -0.3 is 4.74 Å². The van der Waals surface area contributed by atoms with Gasteiger partial charge in [-0.15, -0.1) is 5.10 Å². The van der Waals surface area contributed by atoms with Crippen LogP contribution in [0.1, 0.15) is 48.7 Å². The highest BCUT2D eigenvalue weighted by molar-refractivity contribution is 5.45. The van der Waals surface area contributed by atoms with Crippen molar-refractivity contribution in [1.82, 2.24) is 25.1 Å². The minimum atomic E-state index is 0.333. The van der Waals surface area contributed by atoms with Gasteiger partial charge in [-0.2, -0.15) is 0 Å². The Morgan fingerprint density at radius 3 is 2.91 bits per heavy atom. The molecule has 1 aromatic carbocycles. The number of nitrogens with zero attached hydrogens (tertiary/aromatic N) is 5. The lowest BCUT2D eigenvalue weighted by Gasteiger charge is -2.35. The van der Waals surface area contributed by atoms with Crippen molar-refractivity contribution >= 4 is 0 Å². The number of fused-ring (bicyclic) bond motifs is 2. The average molecular weight is 311 g/mol. The first kappa shape index (κ1) is 13.5. The second kappa shape index (κ2) is 4.77. The van der Waals surface area contributed by atoms with Gasteiger partial charge in [0.05, 0.1) is 19.7 Å². The number of methoxy groups -OCH3 is 1. The highest BCUT2D eigenvalue weighted by Gasteiger charge is 2.49. The molecule has 120 valence electrons. The van der Waals surface area contributed by atoms with Crippen LogP contribution in [0.2, 0.25) is 0 Å². The molecule has 6 nitrogen and oxygen atoms in total. The molecule has 1 aliphatic heterocycles. The van der Waals surface area contributed by atoms with E-state index in [1.165, 1.54) is 36.8 Å². The topological polar surface area (TPSA) is 56.1 Å². The van der Waals surface area contributed by atoms with E-state index in [-0.39, 0.29) is 0 Å². The summed E-state index contributed by atoms with van der Waals surface area (Å²) >= 11 is 0. The van der Waals surface area contributed by atoms with E-state index in [0.29, 0.717) is 11.5 Å². The Hall–Kier alpha value is -1.95. The van der Waals surface area contributed by atoms with Gasteiger partial charge in [0.1, 0.15) is 5.75 Å². The first-order valence-corrected chi connectivity index (χ1v) is 8.44. The number of rotatable bonds is 4. The lowest BCUT2D eigenvalue weighted by molar-refractivity contribution is 0.204. The zero-order valence-corrected chi connectivity index (χ0v) is 13.4. The highest BCUT2D eigenvalue weighted by atomic mass is 16.5. The molecule has 2 fully saturated rings. The first-order valence-electron chi connectivity index (χ1n) is 8.44. The van der Waals surface area contributed by atoms with E-state index < -0.39 is 0 Å². The Morgan fingerprint density at radius 2 is 2.17 bits per heavy atom. The SMILES string of the molecule is COc1ccc2c(c1)C1(CC1)CN(Cc1nnnn1C1CC1)C2. The molecule has 23 heavy (non-hydrogen) atoms. The van der Waals surface area contributed by atoms with E-state index in [4.69, 9.17) is 4.74 Å². The normalized spacial score (nSPS) is 22.1. The molecule has 3 aliphatic rings. The monoisotopic (exact) mass is 311 g/mol. The van der Waals surface area contributed by atoms with Gasteiger partial charge in [-0.1, -0.05) is 6.07 Å². The molecule has 0 N–H and O–H groups in total. The van der Waals surface area contributed by atoms with Crippen molar-refractivity contribution in [3.05, 3.63) is 35.2 Å². The van der Waals surface area contributed by atoms with Crippen LogP contribution in [0.15, 0.2) is 18.2 Å². The van der Waals surface area contributed by atoms with Crippen molar-refractivity contribution in [2.24, 2.45) is 0 Å². The molecule has 0 atom stereocenters. The van der Waals surface area contributed by atoms with Crippen molar-refractivity contribution < 1.29 is 4.74 Å². The molecule has 2 heterocycles. The Labute approximate surface area is 135 Å². The number of hydrogen-bond acceptors (Lipinski definition) is 5. The quantitative estimate of drug-likeness (QED) is 0.865. The van der Waals surface area contributed by atoms with Crippen molar-refractivity contribution in [2.75, 3.05) is 13.7 Å². The summed E-state index contributed by atoms with van der Waals surface area (Å²) in [4.78, 5) is 2.51. The van der Waals surface area contributed by atoms with Crippen LogP contribution in [-0.2, 0) is 18.5 Å². The number of benzene rings is 1. The molecule has 1 spiro atoms. The molecule has 0 unspecified atom stereocenters. The first-order chi connectivity index (χ1) is 11.3. The van der Waals surface area contributed by atoms with Crippen LogP contribution < -0.4 is 4.74 Å². The third-order valence-electron chi connectivity index (χ3n) is 5.48. The second-order valence-corrected chi connectivity index (χ2v) is 7.22. The van der Waals surface area contributed by atoms with Crippen LogP contribution in [0.25, 0.3) is 0 Å². The Kier molecular flexibility index (Phi) is 2.80. The molecule has 5 rings (SSSR count). The predicted octanol–water partition coefficient (Wildman–Crippen LogP) is 2.06. The number of hydrogen-bond donors (Lipinski definition) is 0. The van der Waals surface area contributed by atoms with Gasteiger partial charge in [0.25, 0.3) is 0 Å². The molecule has 1 aromatic heterocycles. The molecule has 0 radical (unpaired) electrons. The van der Waals surface area contributed by atoms with Crippen LogP contribution in [-0.4, -0.2) is 38.8 Å². The van der Waals surface area contributed by atoms with Crippen molar-refractivity contribution in [3.63, 3.8) is 0 Å². The van der Waals surface area contributed by atoms with Crippen LogP contribution in [0, 0.1) is 0 Å². The number of ether oxygens (including phenoxy) is 1. The van der Waals surface area contributed by atoms with Gasteiger partial charge in [-0.3, -0.25) is 4.90 Å². The summed E-state index contributed by atoms with van der Waals surface area (Å²) in [5, 5.41) is 12.3. The van der Waals surface area contributed by atoms with Crippen LogP contribution in [0.5, 0.6) is 5.75 Å². The number of aromatic nitrogens is 4. The molecular formula is C17H21N5O. The summed E-state index contributed by atoms with van der Waals surface area (Å²) in [5.74, 6) is 1.99. The third kappa shape index (κ3) is 2.24. The molecular weight excluding hydrogens is 290 g/mol. The molecule has 0 amide bonds. The highest BCUT2D eigenvalue weighted by Crippen LogP contribution is 2.53. The fourth-order valence-electron chi connectivity index (χ4n) is 3.93. The summed E-state index contributed by atoms with van der Waals surface area (Å²) in [5.41, 5.74) is 3.26. The van der Waals surface area contributed by atoms with E-state index in [9.17, 15) is 0 Å². The standard InChI is InChI=1S/C17H21N5O/c1-23-14-5-2-12-9-21(11-17(6-7-17)15(12)8-14)10-16-18-19-20-22(16)13-3-4-13/h2,5,8,13H,3-4,6-7,9-11H2,1H3. The zero-order chi connectivity index (χ0) is 15.4. The largest absolute Gasteiger partial charge is 0.497 e. The summed E-state index contributed by atoms with van der Waals surface area (Å²) in [7, 11) is 1.74. The fraction of sp³-hybridized carbons (Fsp3) is 0.588. The van der Waals surface area contributed by atoms with Crippen LogP contribution in [0.3, 0.4) is 0 Å². The smallest absolute Gasteiger partial charge is 0.165 e. The molecule has 2 saturated carbocycles. The van der Waals surface area contributed by atoms with Crippen molar-refractivity contribution in [3.8, 4) is 5.75 Å². The summed E-state index contributed by atoms with van der Waals surface area (Å²) in [6, 6.07) is 7.08. The number of tetrazole rings is 1. The second-order valence-electron chi connectivity index (χ2n) is 7.22. The van der Waals surface area contributed by atoms with E-state index in [0.717, 1.165) is 31.2 Å². The maximum atomic E-state index is 5.42. The van der Waals surface area contributed by atoms with Gasteiger partial charge in [-0.05, 0) is 59.4 Å². The fourth-order valence-corrected chi connectivity index (χ4v) is 3.93. The maximum Gasteiger partial charge on any atom is 0.165 e. The van der Waals surface area contributed by atoms with Gasteiger partial charge >= 0.3 is 0 Å². The van der Waals surface area contributed by atoms with Gasteiger partial charge in [-0.25, -0.2) is 4.68 Å². The van der Waals surface area contributed by atoms with Crippen molar-refractivity contribution in [2.45, 2.75) is 50.2 Å². The van der Waals surface area contributed by atoms with E-state index in [2.05, 4.69) is 38.6 Å².